The Balaban J connectivity index is 2.29. The van der Waals surface area contributed by atoms with E-state index in [-0.39, 0.29) is 0 Å². The van der Waals surface area contributed by atoms with Crippen molar-refractivity contribution >= 4 is 29.8 Å². The molecule has 0 aliphatic heterocycles. The Morgan fingerprint density at radius 2 is 2.07 bits per heavy atom. The van der Waals surface area contributed by atoms with E-state index in [0.29, 0.717) is 22.3 Å². The van der Waals surface area contributed by atoms with Crippen molar-refractivity contribution in [3.63, 3.8) is 0 Å². The second-order valence-corrected chi connectivity index (χ2v) is 3.92. The lowest BCUT2D eigenvalue weighted by atomic mass is 10.2. The van der Waals surface area contributed by atoms with Crippen molar-refractivity contribution in [2.75, 3.05) is 5.73 Å². The summed E-state index contributed by atoms with van der Waals surface area (Å²) in [5.74, 6) is 0.384. The molecule has 0 radical (unpaired) electrons. The number of aromatic amines is 1. The summed E-state index contributed by atoms with van der Waals surface area (Å²) in [6.45, 7) is 0.596. The van der Waals surface area contributed by atoms with Crippen molar-refractivity contribution in [3.8, 4) is 0 Å². The van der Waals surface area contributed by atoms with Crippen LogP contribution in [0, 0.1) is 4.77 Å². The molecule has 2 aromatic rings. The van der Waals surface area contributed by atoms with E-state index >= 15 is 0 Å². The van der Waals surface area contributed by atoms with Crippen LogP contribution in [0.4, 0.5) is 5.95 Å². The van der Waals surface area contributed by atoms with E-state index in [4.69, 9.17) is 29.6 Å². The monoisotopic (exact) mass is 240 g/mol. The van der Waals surface area contributed by atoms with Gasteiger partial charge < -0.3 is 5.73 Å². The van der Waals surface area contributed by atoms with Crippen molar-refractivity contribution in [2.24, 2.45) is 0 Å². The maximum absolute atomic E-state index is 5.79. The van der Waals surface area contributed by atoms with E-state index in [0.717, 1.165) is 5.56 Å². The van der Waals surface area contributed by atoms with Crippen molar-refractivity contribution in [1.29, 1.82) is 0 Å². The zero-order valence-electron chi connectivity index (χ0n) is 7.77. The van der Waals surface area contributed by atoms with Crippen molar-refractivity contribution in [2.45, 2.75) is 6.54 Å². The SMILES string of the molecule is Nc1n[nH]c(=S)n1Cc1ccc(Cl)cc1. The number of nitrogens with one attached hydrogen (secondary N) is 1. The van der Waals surface area contributed by atoms with Gasteiger partial charge in [-0.25, -0.2) is 5.10 Å². The number of nitrogens with zero attached hydrogens (tertiary/aromatic N) is 2. The van der Waals surface area contributed by atoms with E-state index in [1.54, 1.807) is 4.57 Å². The predicted molar refractivity (Wildman–Crippen MR) is 62.4 cm³/mol. The number of H-pyrrole nitrogens is 1. The lowest BCUT2D eigenvalue weighted by molar-refractivity contribution is 0.794. The van der Waals surface area contributed by atoms with Crippen LogP contribution in [0.15, 0.2) is 24.3 Å². The molecule has 1 aromatic carbocycles. The fraction of sp³-hybridized carbons (Fsp3) is 0.111. The van der Waals surface area contributed by atoms with E-state index in [1.807, 2.05) is 24.3 Å². The van der Waals surface area contributed by atoms with E-state index in [2.05, 4.69) is 10.2 Å². The molecular formula is C9H9ClN4S. The summed E-state index contributed by atoms with van der Waals surface area (Å²) < 4.78 is 2.24. The molecule has 4 nitrogen and oxygen atoms in total. The van der Waals surface area contributed by atoms with Crippen LogP contribution in [0.3, 0.4) is 0 Å². The second-order valence-electron chi connectivity index (χ2n) is 3.10. The molecule has 0 aliphatic carbocycles. The summed E-state index contributed by atoms with van der Waals surface area (Å²) in [6.07, 6.45) is 0. The quantitative estimate of drug-likeness (QED) is 0.792. The van der Waals surface area contributed by atoms with Gasteiger partial charge in [0.05, 0.1) is 6.54 Å². The summed E-state index contributed by atoms with van der Waals surface area (Å²) in [5.41, 5.74) is 6.72. The Bertz CT molecular complexity index is 514. The average Bonchev–Trinajstić information content (AvgIpc) is 2.53. The topological polar surface area (TPSA) is 59.6 Å². The first-order valence-electron chi connectivity index (χ1n) is 4.32. The lowest BCUT2D eigenvalue weighted by Crippen LogP contribution is -2.04. The zero-order valence-corrected chi connectivity index (χ0v) is 9.35. The number of nitrogen functional groups attached to an aromatic ring is 1. The molecule has 6 heteroatoms. The Morgan fingerprint density at radius 3 is 2.60 bits per heavy atom. The van der Waals surface area contributed by atoms with E-state index < -0.39 is 0 Å². The third-order valence-electron chi connectivity index (χ3n) is 2.04. The molecule has 78 valence electrons. The van der Waals surface area contributed by atoms with Gasteiger partial charge in [0.1, 0.15) is 0 Å². The van der Waals surface area contributed by atoms with Crippen LogP contribution in [0.25, 0.3) is 0 Å². The molecule has 0 aliphatic rings. The highest BCUT2D eigenvalue weighted by Crippen LogP contribution is 2.11. The Labute approximate surface area is 96.7 Å². The highest BCUT2D eigenvalue weighted by atomic mass is 35.5. The fourth-order valence-electron chi connectivity index (χ4n) is 1.26. The number of nitrogens with two attached hydrogens (primary N) is 1. The number of halogens is 1. The highest BCUT2D eigenvalue weighted by molar-refractivity contribution is 7.71. The third-order valence-corrected chi connectivity index (χ3v) is 2.61. The van der Waals surface area contributed by atoms with Gasteiger partial charge >= 0.3 is 0 Å². The molecule has 0 fully saturated rings. The second kappa shape index (κ2) is 4.04. The fourth-order valence-corrected chi connectivity index (χ4v) is 1.58. The van der Waals surface area contributed by atoms with Gasteiger partial charge in [-0.05, 0) is 29.9 Å². The van der Waals surface area contributed by atoms with E-state index in [9.17, 15) is 0 Å². The van der Waals surface area contributed by atoms with Gasteiger partial charge in [0, 0.05) is 5.02 Å². The first kappa shape index (κ1) is 10.2. The molecule has 3 N–H and O–H groups in total. The maximum Gasteiger partial charge on any atom is 0.220 e. The van der Waals surface area contributed by atoms with Crippen LogP contribution in [0.1, 0.15) is 5.56 Å². The maximum atomic E-state index is 5.79. The van der Waals surface area contributed by atoms with Crippen LogP contribution in [0.5, 0.6) is 0 Å². The van der Waals surface area contributed by atoms with Gasteiger partial charge in [0.25, 0.3) is 0 Å². The van der Waals surface area contributed by atoms with Crippen LogP contribution >= 0.6 is 23.8 Å². The molecule has 0 saturated carbocycles. The first-order valence-corrected chi connectivity index (χ1v) is 5.10. The van der Waals surface area contributed by atoms with Gasteiger partial charge in [-0.15, -0.1) is 5.10 Å². The Morgan fingerprint density at radius 1 is 1.40 bits per heavy atom. The van der Waals surface area contributed by atoms with Crippen molar-refractivity contribution in [1.82, 2.24) is 14.8 Å². The number of aromatic nitrogens is 3. The van der Waals surface area contributed by atoms with E-state index in [1.165, 1.54) is 0 Å². The minimum Gasteiger partial charge on any atom is -0.368 e. The number of benzene rings is 1. The standard InChI is InChI=1S/C9H9ClN4S/c10-7-3-1-6(2-4-7)5-14-8(11)12-13-9(14)15/h1-4H,5H2,(H2,11,12)(H,13,15). The van der Waals surface area contributed by atoms with Crippen LogP contribution in [-0.2, 0) is 6.54 Å². The minimum absolute atomic E-state index is 0.384. The smallest absolute Gasteiger partial charge is 0.220 e. The normalized spacial score (nSPS) is 10.5. The van der Waals surface area contributed by atoms with Gasteiger partial charge in [0.2, 0.25) is 5.95 Å². The molecule has 0 saturated heterocycles. The molecule has 0 amide bonds. The first-order chi connectivity index (χ1) is 7.16. The van der Waals surface area contributed by atoms with Gasteiger partial charge in [-0.2, -0.15) is 0 Å². The summed E-state index contributed by atoms with van der Waals surface area (Å²) in [7, 11) is 0. The molecular weight excluding hydrogens is 232 g/mol. The van der Waals surface area contributed by atoms with Crippen LogP contribution in [-0.4, -0.2) is 14.8 Å². The number of hydrogen-bond acceptors (Lipinski definition) is 3. The third kappa shape index (κ3) is 2.19. The molecule has 0 unspecified atom stereocenters. The predicted octanol–water partition coefficient (Wildman–Crippen LogP) is 2.22. The summed E-state index contributed by atoms with van der Waals surface area (Å²) in [5, 5.41) is 7.17. The van der Waals surface area contributed by atoms with Crippen LogP contribution in [0.2, 0.25) is 5.02 Å². The molecule has 15 heavy (non-hydrogen) atoms. The van der Waals surface area contributed by atoms with Crippen molar-refractivity contribution < 1.29 is 0 Å². The Kier molecular flexibility index (Phi) is 2.75. The molecule has 1 heterocycles. The molecule has 0 spiro atoms. The molecule has 0 atom stereocenters. The van der Waals surface area contributed by atoms with Gasteiger partial charge in [0.15, 0.2) is 4.77 Å². The Hall–Kier alpha value is -1.33. The zero-order chi connectivity index (χ0) is 10.8. The van der Waals surface area contributed by atoms with Gasteiger partial charge in [-0.3, -0.25) is 4.57 Å². The highest BCUT2D eigenvalue weighted by Gasteiger charge is 2.02. The summed E-state index contributed by atoms with van der Waals surface area (Å²) in [6, 6.07) is 7.51. The molecule has 1 aromatic heterocycles. The largest absolute Gasteiger partial charge is 0.368 e. The molecule has 2 rings (SSSR count). The van der Waals surface area contributed by atoms with Gasteiger partial charge in [-0.1, -0.05) is 23.7 Å². The number of rotatable bonds is 2. The average molecular weight is 241 g/mol. The summed E-state index contributed by atoms with van der Waals surface area (Å²) in [4.78, 5) is 0. The summed E-state index contributed by atoms with van der Waals surface area (Å²) >= 11 is 10.8. The molecule has 0 bridgehead atoms. The number of anilines is 1. The number of hydrogen-bond donors (Lipinski definition) is 2. The van der Waals surface area contributed by atoms with Crippen molar-refractivity contribution in [3.05, 3.63) is 39.6 Å². The minimum atomic E-state index is 0.384. The lowest BCUT2D eigenvalue weighted by Gasteiger charge is -2.03. The van der Waals surface area contributed by atoms with Crippen LogP contribution < -0.4 is 5.73 Å².